The van der Waals surface area contributed by atoms with Crippen molar-refractivity contribution < 1.29 is 13.2 Å². The largest absolute Gasteiger partial charge is 0.305 e. The van der Waals surface area contributed by atoms with Crippen molar-refractivity contribution in [1.29, 1.82) is 10.5 Å². The first-order valence-corrected chi connectivity index (χ1v) is 13.1. The highest BCUT2D eigenvalue weighted by Gasteiger charge is 2.45. The second-order valence-corrected chi connectivity index (χ2v) is 11.3. The molecule has 2 heterocycles. The van der Waals surface area contributed by atoms with E-state index in [1.807, 2.05) is 30.3 Å². The van der Waals surface area contributed by atoms with Crippen LogP contribution in [0, 0.1) is 34.5 Å². The number of Topliss-reactive ketones (excluding diaryl/α,β-unsaturated/α-hetero) is 1. The maximum atomic E-state index is 13.1. The van der Waals surface area contributed by atoms with Crippen molar-refractivity contribution >= 4 is 15.6 Å². The number of piperidine rings is 2. The Bertz CT molecular complexity index is 1230. The highest BCUT2D eigenvalue weighted by Crippen LogP contribution is 2.38. The smallest absolute Gasteiger partial charge is 0.176 e. The fraction of sp³-hybridized carbons (Fsp3) is 0.423. The Morgan fingerprint density at radius 2 is 1.79 bits per heavy atom. The van der Waals surface area contributed by atoms with Gasteiger partial charge in [0.15, 0.2) is 15.6 Å². The van der Waals surface area contributed by atoms with E-state index < -0.39 is 15.4 Å². The molecule has 2 saturated heterocycles. The molecule has 2 bridgehead atoms. The molecule has 6 nitrogen and oxygen atoms in total. The minimum absolute atomic E-state index is 0.0133. The third kappa shape index (κ3) is 4.85. The molecule has 0 unspecified atom stereocenters. The summed E-state index contributed by atoms with van der Waals surface area (Å²) in [5.74, 6) is 0.468. The maximum absolute atomic E-state index is 13.1. The highest BCUT2D eigenvalue weighted by atomic mass is 32.2. The van der Waals surface area contributed by atoms with Gasteiger partial charge in [0.1, 0.15) is 6.07 Å². The molecule has 2 aromatic carbocycles. The molecule has 3 aliphatic rings. The normalized spacial score (nSPS) is 22.8. The Labute approximate surface area is 195 Å². The van der Waals surface area contributed by atoms with Gasteiger partial charge in [0.05, 0.1) is 28.0 Å². The quantitative estimate of drug-likeness (QED) is 0.671. The molecular weight excluding hydrogens is 434 g/mol. The molecule has 5 rings (SSSR count). The fourth-order valence-corrected chi connectivity index (χ4v) is 5.92. The van der Waals surface area contributed by atoms with Gasteiger partial charge in [-0.15, -0.1) is 0 Å². The number of nitriles is 2. The number of sulfone groups is 1. The molecule has 1 atom stereocenters. The molecule has 0 aromatic heterocycles. The molecule has 1 saturated carbocycles. The van der Waals surface area contributed by atoms with Crippen LogP contribution in [-0.4, -0.2) is 32.5 Å². The standard InChI is InChI=1S/C26H27N3O3S/c1-33(31,32)24-14-22(6-7-23(24)16-28)21-4-2-18(3-5-21)12-20(15-27)13-25(30)26-10-8-19(9-11-26)17-29-26/h2-7,14,19-20,29H,8-13,17H2,1H3/t19?,20-,26?/m1/s1. The Hall–Kier alpha value is -3.00. The van der Waals surface area contributed by atoms with E-state index in [0.717, 1.165) is 49.6 Å². The van der Waals surface area contributed by atoms with Gasteiger partial charge in [0, 0.05) is 12.7 Å². The second kappa shape index (κ2) is 9.09. The Kier molecular flexibility index (Phi) is 6.38. The lowest BCUT2D eigenvalue weighted by molar-refractivity contribution is -0.129. The number of hydrogen-bond acceptors (Lipinski definition) is 6. The molecule has 1 aliphatic carbocycles. The molecule has 1 N–H and O–H groups in total. The van der Waals surface area contributed by atoms with Crippen molar-refractivity contribution in [1.82, 2.24) is 5.32 Å². The number of benzene rings is 2. The highest BCUT2D eigenvalue weighted by molar-refractivity contribution is 7.90. The SMILES string of the molecule is CS(=O)(=O)c1cc(-c2ccc(C[C@@H](C#N)CC(=O)C34CCC(CC3)CN4)cc2)ccc1C#N. The van der Waals surface area contributed by atoms with Gasteiger partial charge in [-0.25, -0.2) is 8.42 Å². The van der Waals surface area contributed by atoms with Gasteiger partial charge in [0.2, 0.25) is 0 Å². The summed E-state index contributed by atoms with van der Waals surface area (Å²) in [7, 11) is -3.52. The molecule has 0 spiro atoms. The summed E-state index contributed by atoms with van der Waals surface area (Å²) in [6.07, 6.45) is 5.77. The lowest BCUT2D eigenvalue weighted by Gasteiger charge is -2.46. The molecule has 0 radical (unpaired) electrons. The van der Waals surface area contributed by atoms with Crippen LogP contribution < -0.4 is 5.32 Å². The third-order valence-electron chi connectivity index (χ3n) is 7.11. The van der Waals surface area contributed by atoms with Crippen LogP contribution >= 0.6 is 0 Å². The van der Waals surface area contributed by atoms with E-state index in [2.05, 4.69) is 11.4 Å². The molecule has 0 amide bonds. The van der Waals surface area contributed by atoms with Crippen LogP contribution in [-0.2, 0) is 21.1 Å². The van der Waals surface area contributed by atoms with Crippen molar-refractivity contribution in [3.8, 4) is 23.3 Å². The summed E-state index contributed by atoms with van der Waals surface area (Å²) < 4.78 is 24.1. The lowest BCUT2D eigenvalue weighted by atomic mass is 9.68. The number of carbonyl (C=O) groups is 1. The Balaban J connectivity index is 1.46. The van der Waals surface area contributed by atoms with Gasteiger partial charge in [-0.3, -0.25) is 4.79 Å². The van der Waals surface area contributed by atoms with Gasteiger partial charge < -0.3 is 5.32 Å². The van der Waals surface area contributed by atoms with Crippen LogP contribution in [0.3, 0.4) is 0 Å². The lowest BCUT2D eigenvalue weighted by Crippen LogP contribution is -2.60. The number of rotatable bonds is 7. The van der Waals surface area contributed by atoms with E-state index in [9.17, 15) is 23.7 Å². The molecular formula is C26H27N3O3S. The summed E-state index contributed by atoms with van der Waals surface area (Å²) in [6.45, 7) is 0.904. The number of ketones is 1. The summed E-state index contributed by atoms with van der Waals surface area (Å²) >= 11 is 0. The van der Waals surface area contributed by atoms with Gasteiger partial charge in [-0.2, -0.15) is 10.5 Å². The van der Waals surface area contributed by atoms with Gasteiger partial charge >= 0.3 is 0 Å². The minimum atomic E-state index is -3.52. The third-order valence-corrected chi connectivity index (χ3v) is 8.24. The zero-order chi connectivity index (χ0) is 23.6. The number of hydrogen-bond donors (Lipinski definition) is 1. The average Bonchev–Trinajstić information content (AvgIpc) is 2.84. The summed E-state index contributed by atoms with van der Waals surface area (Å²) in [5, 5.41) is 22.3. The number of nitrogens with zero attached hydrogens (tertiary/aromatic N) is 2. The monoisotopic (exact) mass is 461 g/mol. The minimum Gasteiger partial charge on any atom is -0.305 e. The fourth-order valence-electron chi connectivity index (χ4n) is 5.07. The van der Waals surface area contributed by atoms with E-state index in [1.54, 1.807) is 6.07 Å². The van der Waals surface area contributed by atoms with Crippen LogP contribution in [0.25, 0.3) is 11.1 Å². The van der Waals surface area contributed by atoms with Gasteiger partial charge in [0.25, 0.3) is 0 Å². The van der Waals surface area contributed by atoms with Crippen molar-refractivity contribution in [2.24, 2.45) is 11.8 Å². The van der Waals surface area contributed by atoms with E-state index in [0.29, 0.717) is 17.9 Å². The maximum Gasteiger partial charge on any atom is 0.176 e. The van der Waals surface area contributed by atoms with E-state index in [1.165, 1.54) is 12.1 Å². The summed E-state index contributed by atoms with van der Waals surface area (Å²) in [5.41, 5.74) is 2.17. The van der Waals surface area contributed by atoms with E-state index >= 15 is 0 Å². The van der Waals surface area contributed by atoms with Crippen molar-refractivity contribution in [2.75, 3.05) is 12.8 Å². The van der Waals surface area contributed by atoms with E-state index in [-0.39, 0.29) is 28.6 Å². The summed E-state index contributed by atoms with van der Waals surface area (Å²) in [4.78, 5) is 13.1. The predicted octanol–water partition coefficient (Wildman–Crippen LogP) is 3.80. The van der Waals surface area contributed by atoms with Crippen LogP contribution in [0.1, 0.15) is 43.2 Å². The molecule has 3 fully saturated rings. The zero-order valence-corrected chi connectivity index (χ0v) is 19.5. The van der Waals surface area contributed by atoms with Crippen LogP contribution in [0.4, 0.5) is 0 Å². The first-order chi connectivity index (χ1) is 15.7. The number of nitrogens with one attached hydrogen (secondary N) is 1. The topological polar surface area (TPSA) is 111 Å². The van der Waals surface area contributed by atoms with Crippen LogP contribution in [0.15, 0.2) is 47.4 Å². The van der Waals surface area contributed by atoms with Crippen molar-refractivity contribution in [3.63, 3.8) is 0 Å². The zero-order valence-electron chi connectivity index (χ0n) is 18.7. The van der Waals surface area contributed by atoms with Crippen LogP contribution in [0.5, 0.6) is 0 Å². The van der Waals surface area contributed by atoms with E-state index in [4.69, 9.17) is 0 Å². The first kappa shape index (κ1) is 23.2. The van der Waals surface area contributed by atoms with Crippen molar-refractivity contribution in [3.05, 3.63) is 53.6 Å². The molecule has 2 aliphatic heterocycles. The molecule has 7 heteroatoms. The van der Waals surface area contributed by atoms with Gasteiger partial charge in [-0.1, -0.05) is 30.3 Å². The molecule has 170 valence electrons. The predicted molar refractivity (Wildman–Crippen MR) is 125 cm³/mol. The average molecular weight is 462 g/mol. The Morgan fingerprint density at radius 3 is 2.33 bits per heavy atom. The number of fused-ring (bicyclic) bond motifs is 3. The first-order valence-electron chi connectivity index (χ1n) is 11.3. The molecule has 2 aromatic rings. The number of carbonyl (C=O) groups excluding carboxylic acids is 1. The van der Waals surface area contributed by atoms with Gasteiger partial charge in [-0.05, 0) is 73.4 Å². The second-order valence-electron chi connectivity index (χ2n) is 9.36. The Morgan fingerprint density at radius 1 is 1.12 bits per heavy atom. The summed E-state index contributed by atoms with van der Waals surface area (Å²) in [6, 6.07) is 16.6. The van der Waals surface area contributed by atoms with Crippen molar-refractivity contribution in [2.45, 2.75) is 49.0 Å². The molecule has 33 heavy (non-hydrogen) atoms. The van der Waals surface area contributed by atoms with Crippen LogP contribution in [0.2, 0.25) is 0 Å².